The molecule has 2 aromatic carbocycles. The third kappa shape index (κ3) is 5.23. The smallest absolute Gasteiger partial charge is 0.270 e. The van der Waals surface area contributed by atoms with Gasteiger partial charge in [0.1, 0.15) is 0 Å². The topological polar surface area (TPSA) is 114 Å². The Bertz CT molecular complexity index is 1060. The molecule has 1 heterocycles. The van der Waals surface area contributed by atoms with Crippen LogP contribution in [0, 0.1) is 17.0 Å². The van der Waals surface area contributed by atoms with E-state index in [-0.39, 0.29) is 30.5 Å². The van der Waals surface area contributed by atoms with Gasteiger partial charge in [0.05, 0.1) is 10.6 Å². The van der Waals surface area contributed by atoms with E-state index in [0.717, 1.165) is 5.56 Å². The second kappa shape index (κ2) is 9.07. The van der Waals surface area contributed by atoms with Crippen molar-refractivity contribution in [2.45, 2.75) is 13.3 Å². The van der Waals surface area contributed by atoms with E-state index in [1.54, 1.807) is 29.6 Å². The third-order valence-electron chi connectivity index (χ3n) is 4.13. The molecule has 2 N–H and O–H groups in total. The average molecular weight is 410 g/mol. The number of amides is 2. The van der Waals surface area contributed by atoms with Gasteiger partial charge in [-0.25, -0.2) is 4.98 Å². The first-order chi connectivity index (χ1) is 13.9. The van der Waals surface area contributed by atoms with Crippen molar-refractivity contribution in [3.8, 4) is 11.3 Å². The molecular weight excluding hydrogens is 392 g/mol. The van der Waals surface area contributed by atoms with Crippen LogP contribution < -0.4 is 10.6 Å². The number of rotatable bonds is 7. The molecule has 9 heteroatoms. The molecule has 0 radical (unpaired) electrons. The summed E-state index contributed by atoms with van der Waals surface area (Å²) in [6, 6.07) is 13.4. The largest absolute Gasteiger partial charge is 0.352 e. The Morgan fingerprint density at radius 2 is 1.97 bits per heavy atom. The zero-order chi connectivity index (χ0) is 20.8. The molecule has 0 saturated heterocycles. The van der Waals surface area contributed by atoms with Crippen LogP contribution in [-0.4, -0.2) is 28.3 Å². The molecule has 8 nitrogen and oxygen atoms in total. The zero-order valence-electron chi connectivity index (χ0n) is 15.5. The highest BCUT2D eigenvalue weighted by atomic mass is 32.1. The zero-order valence-corrected chi connectivity index (χ0v) is 16.4. The molecule has 0 aliphatic carbocycles. The fourth-order valence-corrected chi connectivity index (χ4v) is 3.37. The summed E-state index contributed by atoms with van der Waals surface area (Å²) in [6.45, 7) is 2.05. The SMILES string of the molecule is Cc1ccccc1C(=O)NCCC(=O)Nc1nc(-c2cccc([N+](=O)[O-])c2)cs1. The van der Waals surface area contributed by atoms with Crippen LogP contribution in [0.3, 0.4) is 0 Å². The highest BCUT2D eigenvalue weighted by Crippen LogP contribution is 2.27. The monoisotopic (exact) mass is 410 g/mol. The van der Waals surface area contributed by atoms with Crippen LogP contribution in [0.2, 0.25) is 0 Å². The van der Waals surface area contributed by atoms with Crippen molar-refractivity contribution in [2.24, 2.45) is 0 Å². The van der Waals surface area contributed by atoms with E-state index in [1.807, 2.05) is 19.1 Å². The number of nitro groups is 1. The van der Waals surface area contributed by atoms with Gasteiger partial charge < -0.3 is 10.6 Å². The first kappa shape index (κ1) is 20.2. The lowest BCUT2D eigenvalue weighted by atomic mass is 10.1. The van der Waals surface area contributed by atoms with E-state index < -0.39 is 4.92 Å². The molecule has 148 valence electrons. The average Bonchev–Trinajstić information content (AvgIpc) is 3.16. The van der Waals surface area contributed by atoms with Crippen LogP contribution in [0.5, 0.6) is 0 Å². The number of hydrogen-bond donors (Lipinski definition) is 2. The van der Waals surface area contributed by atoms with Crippen molar-refractivity contribution in [2.75, 3.05) is 11.9 Å². The molecule has 0 aliphatic heterocycles. The molecule has 0 saturated carbocycles. The predicted octanol–water partition coefficient (Wildman–Crippen LogP) is 3.79. The second-order valence-electron chi connectivity index (χ2n) is 6.21. The second-order valence-corrected chi connectivity index (χ2v) is 7.07. The van der Waals surface area contributed by atoms with Crippen molar-refractivity contribution < 1.29 is 14.5 Å². The van der Waals surface area contributed by atoms with E-state index in [4.69, 9.17) is 0 Å². The summed E-state index contributed by atoms with van der Waals surface area (Å²) in [4.78, 5) is 39.0. The van der Waals surface area contributed by atoms with E-state index in [0.29, 0.717) is 22.0 Å². The highest BCUT2D eigenvalue weighted by Gasteiger charge is 2.12. The van der Waals surface area contributed by atoms with Crippen LogP contribution in [0.15, 0.2) is 53.9 Å². The van der Waals surface area contributed by atoms with Gasteiger partial charge in [0.25, 0.3) is 11.6 Å². The van der Waals surface area contributed by atoms with Crippen LogP contribution in [0.1, 0.15) is 22.3 Å². The standard InChI is InChI=1S/C20H18N4O4S/c1-13-5-2-3-8-16(13)19(26)21-10-9-18(25)23-20-22-17(12-29-20)14-6-4-7-15(11-14)24(27)28/h2-8,11-12H,9-10H2,1H3,(H,21,26)(H,22,23,25). The lowest BCUT2D eigenvalue weighted by Crippen LogP contribution is -2.28. The number of nitrogens with one attached hydrogen (secondary N) is 2. The number of carbonyl (C=O) groups is 2. The lowest BCUT2D eigenvalue weighted by molar-refractivity contribution is -0.384. The van der Waals surface area contributed by atoms with Crippen molar-refractivity contribution >= 4 is 34.0 Å². The summed E-state index contributed by atoms with van der Waals surface area (Å²) >= 11 is 1.23. The molecule has 0 spiro atoms. The molecule has 3 aromatic rings. The first-order valence-electron chi connectivity index (χ1n) is 8.78. The van der Waals surface area contributed by atoms with Crippen LogP contribution in [-0.2, 0) is 4.79 Å². The summed E-state index contributed by atoms with van der Waals surface area (Å²) in [6.07, 6.45) is 0.101. The number of thiazole rings is 1. The molecule has 3 rings (SSSR count). The van der Waals surface area contributed by atoms with Gasteiger partial charge in [-0.05, 0) is 18.6 Å². The Kier molecular flexibility index (Phi) is 6.30. The fraction of sp³-hybridized carbons (Fsp3) is 0.150. The number of non-ortho nitro benzene ring substituents is 1. The molecule has 0 fully saturated rings. The van der Waals surface area contributed by atoms with Gasteiger partial charge in [0.2, 0.25) is 5.91 Å². The Hall–Kier alpha value is -3.59. The molecule has 1 aromatic heterocycles. The summed E-state index contributed by atoms with van der Waals surface area (Å²) in [5.74, 6) is -0.506. The number of nitrogens with zero attached hydrogens (tertiary/aromatic N) is 2. The quantitative estimate of drug-likeness (QED) is 0.454. The van der Waals surface area contributed by atoms with Gasteiger partial charge in [-0.2, -0.15) is 0 Å². The molecule has 2 amide bonds. The van der Waals surface area contributed by atoms with Gasteiger partial charge in [-0.15, -0.1) is 11.3 Å². The summed E-state index contributed by atoms with van der Waals surface area (Å²) in [5, 5.41) is 18.4. The van der Waals surface area contributed by atoms with Crippen LogP contribution in [0.25, 0.3) is 11.3 Å². The van der Waals surface area contributed by atoms with E-state index >= 15 is 0 Å². The number of carbonyl (C=O) groups excluding carboxylic acids is 2. The van der Waals surface area contributed by atoms with Crippen molar-refractivity contribution in [1.82, 2.24) is 10.3 Å². The van der Waals surface area contributed by atoms with Gasteiger partial charge >= 0.3 is 0 Å². The van der Waals surface area contributed by atoms with Crippen LogP contribution >= 0.6 is 11.3 Å². The molecule has 29 heavy (non-hydrogen) atoms. The number of aromatic nitrogens is 1. The molecule has 0 unspecified atom stereocenters. The van der Waals surface area contributed by atoms with Gasteiger partial charge in [-0.1, -0.05) is 30.3 Å². The number of hydrogen-bond acceptors (Lipinski definition) is 6. The minimum Gasteiger partial charge on any atom is -0.352 e. The minimum absolute atomic E-state index is 0.0227. The molecule has 0 atom stereocenters. The number of benzene rings is 2. The number of anilines is 1. The Morgan fingerprint density at radius 1 is 1.17 bits per heavy atom. The van der Waals surface area contributed by atoms with Crippen molar-refractivity contribution in [1.29, 1.82) is 0 Å². The third-order valence-corrected chi connectivity index (χ3v) is 4.89. The Balaban J connectivity index is 1.53. The highest BCUT2D eigenvalue weighted by molar-refractivity contribution is 7.14. The maximum absolute atomic E-state index is 12.1. The maximum Gasteiger partial charge on any atom is 0.270 e. The Labute approximate surface area is 170 Å². The van der Waals surface area contributed by atoms with Crippen molar-refractivity contribution in [3.63, 3.8) is 0 Å². The first-order valence-corrected chi connectivity index (χ1v) is 9.66. The predicted molar refractivity (Wildman–Crippen MR) is 111 cm³/mol. The van der Waals surface area contributed by atoms with E-state index in [1.165, 1.54) is 23.5 Å². The fourth-order valence-electron chi connectivity index (χ4n) is 2.64. The molecular formula is C20H18N4O4S. The maximum atomic E-state index is 12.1. The summed E-state index contributed by atoms with van der Waals surface area (Å²) < 4.78 is 0. The van der Waals surface area contributed by atoms with Gasteiger partial charge in [0, 0.05) is 41.6 Å². The molecule has 0 bridgehead atoms. The number of aryl methyl sites for hydroxylation is 1. The van der Waals surface area contributed by atoms with Gasteiger partial charge in [-0.3, -0.25) is 19.7 Å². The molecule has 0 aliphatic rings. The number of nitro benzene ring substituents is 1. The normalized spacial score (nSPS) is 10.4. The van der Waals surface area contributed by atoms with Crippen LogP contribution in [0.4, 0.5) is 10.8 Å². The van der Waals surface area contributed by atoms with E-state index in [2.05, 4.69) is 15.6 Å². The van der Waals surface area contributed by atoms with E-state index in [9.17, 15) is 19.7 Å². The lowest BCUT2D eigenvalue weighted by Gasteiger charge is -2.07. The summed E-state index contributed by atoms with van der Waals surface area (Å²) in [7, 11) is 0. The minimum atomic E-state index is -0.468. The van der Waals surface area contributed by atoms with Crippen molar-refractivity contribution in [3.05, 3.63) is 75.2 Å². The van der Waals surface area contributed by atoms with Gasteiger partial charge in [0.15, 0.2) is 5.13 Å². The Morgan fingerprint density at radius 3 is 2.72 bits per heavy atom. The summed E-state index contributed by atoms with van der Waals surface area (Å²) in [5.41, 5.74) is 2.56.